The minimum Gasteiger partial charge on any atom is -0.480 e. The van der Waals surface area contributed by atoms with Gasteiger partial charge in [-0.1, -0.05) is 121 Å². The fraction of sp³-hybridized carbons (Fsp3) is 0.222. The van der Waals surface area contributed by atoms with Crippen LogP contribution in [0.15, 0.2) is 146 Å². The number of carbonyl (C=O) groups excluding carboxylic acids is 2. The third-order valence-electron chi connectivity index (χ3n) is 10.4. The Bertz CT molecular complexity index is 2810. The molecule has 2 atom stereocenters. The highest BCUT2D eigenvalue weighted by molar-refractivity contribution is 7.34. The van der Waals surface area contributed by atoms with Crippen LogP contribution in [0.4, 0.5) is 0 Å². The van der Waals surface area contributed by atoms with Gasteiger partial charge in [0.05, 0.1) is 12.2 Å². The Labute approximate surface area is 377 Å². The van der Waals surface area contributed by atoms with E-state index in [4.69, 9.17) is 28.0 Å². The fourth-order valence-corrected chi connectivity index (χ4v) is 9.16. The van der Waals surface area contributed by atoms with E-state index in [0.717, 1.165) is 43.1 Å². The molecule has 0 aliphatic carbocycles. The summed E-state index contributed by atoms with van der Waals surface area (Å²) in [6, 6.07) is 47.3. The summed E-state index contributed by atoms with van der Waals surface area (Å²) in [6.45, 7) is 15.1. The maximum Gasteiger partial charge on any atom is 0.342 e. The molecule has 326 valence electrons. The van der Waals surface area contributed by atoms with E-state index in [9.17, 15) is 9.59 Å². The molecule has 0 bridgehead atoms. The van der Waals surface area contributed by atoms with Gasteiger partial charge in [0, 0.05) is 21.9 Å². The molecule has 0 saturated carbocycles. The summed E-state index contributed by atoms with van der Waals surface area (Å²) >= 11 is 0. The van der Waals surface area contributed by atoms with Gasteiger partial charge in [-0.05, 0) is 112 Å². The number of hydrogen-bond donors (Lipinski definition) is 0. The van der Waals surface area contributed by atoms with Crippen LogP contribution < -0.4 is 18.5 Å². The molecular formula is C54H52O8P2. The Balaban J connectivity index is 1.33. The van der Waals surface area contributed by atoms with E-state index in [2.05, 4.69) is 24.3 Å². The number of esters is 2. The molecule has 0 aliphatic rings. The molecule has 0 saturated heterocycles. The summed E-state index contributed by atoms with van der Waals surface area (Å²) < 4.78 is 39.4. The lowest BCUT2D eigenvalue weighted by Crippen LogP contribution is -2.24. The molecule has 64 heavy (non-hydrogen) atoms. The van der Waals surface area contributed by atoms with Crippen LogP contribution in [0, 0.1) is 0 Å². The third-order valence-corrected chi connectivity index (χ3v) is 12.2. The normalized spacial score (nSPS) is 12.3. The van der Waals surface area contributed by atoms with Crippen molar-refractivity contribution in [3.8, 4) is 34.1 Å². The van der Waals surface area contributed by atoms with Gasteiger partial charge in [0.2, 0.25) is 0 Å². The predicted octanol–water partition coefficient (Wildman–Crippen LogP) is 14.7. The van der Waals surface area contributed by atoms with Crippen molar-refractivity contribution in [2.24, 2.45) is 0 Å². The highest BCUT2D eigenvalue weighted by Gasteiger charge is 2.33. The lowest BCUT2D eigenvalue weighted by molar-refractivity contribution is 0.0365. The van der Waals surface area contributed by atoms with E-state index in [1.165, 1.54) is 0 Å². The van der Waals surface area contributed by atoms with Gasteiger partial charge < -0.3 is 28.0 Å². The number of ether oxygens (including phenoxy) is 4. The van der Waals surface area contributed by atoms with Gasteiger partial charge in [0.1, 0.15) is 51.7 Å². The predicted molar refractivity (Wildman–Crippen MR) is 263 cm³/mol. The van der Waals surface area contributed by atoms with Crippen LogP contribution in [0.25, 0.3) is 54.2 Å². The molecule has 0 N–H and O–H groups in total. The fourth-order valence-electron chi connectivity index (χ4n) is 7.73. The molecule has 0 spiro atoms. The van der Waals surface area contributed by atoms with Crippen molar-refractivity contribution in [3.05, 3.63) is 157 Å². The van der Waals surface area contributed by atoms with Crippen molar-refractivity contribution in [1.82, 2.24) is 0 Å². The highest BCUT2D eigenvalue weighted by Crippen LogP contribution is 2.53. The Hall–Kier alpha value is -6.20. The van der Waals surface area contributed by atoms with Gasteiger partial charge in [-0.15, -0.1) is 0 Å². The molecular weight excluding hydrogens is 839 g/mol. The number of rotatable bonds is 15. The van der Waals surface area contributed by atoms with E-state index in [1.807, 2.05) is 177 Å². The van der Waals surface area contributed by atoms with Crippen molar-refractivity contribution in [1.29, 1.82) is 0 Å². The summed E-state index contributed by atoms with van der Waals surface area (Å²) in [5.41, 5.74) is 1.57. The molecule has 0 amide bonds. The molecule has 0 radical (unpaired) electrons. The summed E-state index contributed by atoms with van der Waals surface area (Å²) in [4.78, 5) is 28.8. The van der Waals surface area contributed by atoms with Crippen LogP contribution in [0.3, 0.4) is 0 Å². The maximum atomic E-state index is 14.4. The monoisotopic (exact) mass is 890 g/mol. The highest BCUT2D eigenvalue weighted by atomic mass is 31.1. The summed E-state index contributed by atoms with van der Waals surface area (Å²) in [5, 5.41) is 5.38. The first-order valence-corrected chi connectivity index (χ1v) is 23.2. The van der Waals surface area contributed by atoms with Crippen molar-refractivity contribution in [2.75, 3.05) is 0 Å². The topological polar surface area (TPSA) is 89.5 Å². The molecule has 0 aliphatic heterocycles. The summed E-state index contributed by atoms with van der Waals surface area (Å²) in [5.74, 6) is 0.869. The van der Waals surface area contributed by atoms with E-state index >= 15 is 0 Å². The molecule has 8 nitrogen and oxygen atoms in total. The molecule has 8 rings (SSSR count). The molecule has 10 heteroatoms. The lowest BCUT2D eigenvalue weighted by Gasteiger charge is -2.30. The van der Waals surface area contributed by atoms with Crippen LogP contribution in [-0.2, 0) is 9.47 Å². The maximum absolute atomic E-state index is 14.4. The van der Waals surface area contributed by atoms with Crippen molar-refractivity contribution in [3.63, 3.8) is 0 Å². The average Bonchev–Trinajstić information content (AvgIpc) is 3.26. The zero-order valence-electron chi connectivity index (χ0n) is 37.3. The van der Waals surface area contributed by atoms with Gasteiger partial charge >= 0.3 is 11.9 Å². The number of carbonyl (C=O) groups is 2. The van der Waals surface area contributed by atoms with Gasteiger partial charge in [0.15, 0.2) is 10.7 Å². The van der Waals surface area contributed by atoms with Gasteiger partial charge in [-0.25, -0.2) is 9.59 Å². The largest absolute Gasteiger partial charge is 0.480 e. The molecule has 0 fully saturated rings. The molecule has 8 aromatic rings. The minimum absolute atomic E-state index is 0.225. The van der Waals surface area contributed by atoms with Gasteiger partial charge in [-0.2, -0.15) is 0 Å². The smallest absolute Gasteiger partial charge is 0.342 e. The van der Waals surface area contributed by atoms with Crippen molar-refractivity contribution < 1.29 is 37.6 Å². The zero-order valence-corrected chi connectivity index (χ0v) is 39.3. The van der Waals surface area contributed by atoms with Crippen LogP contribution in [0.1, 0.15) is 76.1 Å². The van der Waals surface area contributed by atoms with E-state index in [0.29, 0.717) is 22.6 Å². The van der Waals surface area contributed by atoms with Crippen LogP contribution in [0.2, 0.25) is 0 Å². The van der Waals surface area contributed by atoms with E-state index in [1.54, 1.807) is 0 Å². The number of benzene rings is 8. The van der Waals surface area contributed by atoms with Crippen molar-refractivity contribution >= 4 is 72.6 Å². The second-order valence-corrected chi connectivity index (χ2v) is 20.4. The molecule has 8 aromatic carbocycles. The van der Waals surface area contributed by atoms with Crippen LogP contribution in [0.5, 0.6) is 23.0 Å². The summed E-state index contributed by atoms with van der Waals surface area (Å²) in [7, 11) is -0.640. The Morgan fingerprint density at radius 2 is 0.766 bits per heavy atom. The third kappa shape index (κ3) is 9.65. The second-order valence-electron chi connectivity index (χ2n) is 17.2. The first kappa shape index (κ1) is 44.4. The van der Waals surface area contributed by atoms with Crippen molar-refractivity contribution in [2.45, 2.75) is 78.3 Å². The van der Waals surface area contributed by atoms with Crippen LogP contribution in [-0.4, -0.2) is 34.8 Å². The number of fused-ring (bicyclic) bond motifs is 4. The molecule has 0 heterocycles. The Morgan fingerprint density at radius 3 is 1.14 bits per heavy atom. The summed E-state index contributed by atoms with van der Waals surface area (Å²) in [6.07, 6.45) is -0.828. The second kappa shape index (κ2) is 18.5. The van der Waals surface area contributed by atoms with E-state index < -0.39 is 34.8 Å². The SMILES string of the molecule is CC(C)OC(=O)c1cc2ccccc2c(-c2c(OPC(C)(C)Oc3cccc4ccccc34)c(C(=O)OC(C)C)cc3ccccc23)c1OPC(C)(C)Oc1cccc2ccccc12. The van der Waals surface area contributed by atoms with Gasteiger partial charge in [0.25, 0.3) is 0 Å². The zero-order chi connectivity index (χ0) is 45.2. The van der Waals surface area contributed by atoms with Crippen LogP contribution >= 0.6 is 17.6 Å². The van der Waals surface area contributed by atoms with E-state index in [-0.39, 0.29) is 40.2 Å². The Kier molecular flexibility index (Phi) is 12.8. The lowest BCUT2D eigenvalue weighted by atomic mass is 9.88. The van der Waals surface area contributed by atoms with Gasteiger partial charge in [-0.3, -0.25) is 0 Å². The molecule has 2 unspecified atom stereocenters. The minimum atomic E-state index is -0.874. The first-order valence-electron chi connectivity index (χ1n) is 21.4. The Morgan fingerprint density at radius 1 is 0.438 bits per heavy atom. The molecule has 0 aromatic heterocycles. The quantitative estimate of drug-likeness (QED) is 0.0743. The standard InChI is InChI=1S/C54H52O8P2/c1-33(2)57-51(55)43-31-37-21-11-15-27-41(37)47(49(43)61-63-53(5,6)59-45-29-17-23-35-19-9-13-25-39(35)45)48-42-28-16-12-22-38(42)32-44(52(56)58-34(3)4)50(48)62-64-54(7,8)60-46-30-18-24-36-20-10-14-26-40(36)46/h9-34,63-64H,1-8H3. The first-order chi connectivity index (χ1) is 30.7. The number of hydrogen-bond acceptors (Lipinski definition) is 8. The average molecular weight is 891 g/mol.